The van der Waals surface area contributed by atoms with E-state index in [9.17, 15) is 4.79 Å². The maximum absolute atomic E-state index is 12.9. The molecule has 0 bridgehead atoms. The van der Waals surface area contributed by atoms with Crippen LogP contribution >= 0.6 is 34.5 Å². The lowest BCUT2D eigenvalue weighted by atomic mass is 9.93. The third-order valence-corrected chi connectivity index (χ3v) is 6.77. The first-order valence-corrected chi connectivity index (χ1v) is 10.8. The van der Waals surface area contributed by atoms with E-state index in [0.29, 0.717) is 39.0 Å². The van der Waals surface area contributed by atoms with E-state index in [1.807, 2.05) is 24.3 Å². The lowest BCUT2D eigenvalue weighted by molar-refractivity contribution is 0.102. The number of benzene rings is 1. The number of aromatic nitrogens is 3. The molecule has 2 aromatic heterocycles. The molecular formula is C20H20Cl2N4OS. The molecule has 0 radical (unpaired) electrons. The molecule has 2 heterocycles. The zero-order valence-electron chi connectivity index (χ0n) is 15.6. The van der Waals surface area contributed by atoms with Gasteiger partial charge in [0.05, 0.1) is 23.5 Å². The standard InChI is InChI=1S/C20H20Cl2N4OS/c1-11-7-8-15-16(9-11)28-20(23-15)24-19(27)17-12(2)25-26(18(17)22)10-13-5-3-4-6-14(13)21/h3-6,11H,7-10H2,1-2H3,(H,23,24,27). The van der Waals surface area contributed by atoms with Gasteiger partial charge in [0.2, 0.25) is 0 Å². The van der Waals surface area contributed by atoms with Crippen LogP contribution in [0.4, 0.5) is 5.13 Å². The molecule has 1 N–H and O–H groups in total. The maximum atomic E-state index is 12.9. The number of anilines is 1. The molecule has 28 heavy (non-hydrogen) atoms. The Labute approximate surface area is 177 Å². The van der Waals surface area contributed by atoms with Crippen molar-refractivity contribution in [3.63, 3.8) is 0 Å². The fourth-order valence-corrected chi connectivity index (χ4v) is 5.14. The molecule has 0 fully saturated rings. The number of nitrogens with zero attached hydrogens (tertiary/aromatic N) is 3. The predicted molar refractivity (Wildman–Crippen MR) is 114 cm³/mol. The Bertz CT molecular complexity index is 1040. The minimum Gasteiger partial charge on any atom is -0.298 e. The first kappa shape index (κ1) is 19.4. The normalized spacial score (nSPS) is 16.1. The number of rotatable bonds is 4. The SMILES string of the molecule is Cc1nn(Cc2ccccc2Cl)c(Cl)c1C(=O)Nc1nc2c(s1)CC(C)CC2. The van der Waals surface area contributed by atoms with Crippen LogP contribution in [0.3, 0.4) is 0 Å². The highest BCUT2D eigenvalue weighted by atomic mass is 35.5. The molecule has 1 aliphatic carbocycles. The summed E-state index contributed by atoms with van der Waals surface area (Å²) in [6.07, 6.45) is 3.14. The van der Waals surface area contributed by atoms with Crippen LogP contribution in [0, 0.1) is 12.8 Å². The van der Waals surface area contributed by atoms with Gasteiger partial charge in [0.25, 0.3) is 5.91 Å². The second-order valence-corrected chi connectivity index (χ2v) is 9.04. The molecule has 1 aliphatic rings. The highest BCUT2D eigenvalue weighted by molar-refractivity contribution is 7.15. The monoisotopic (exact) mass is 434 g/mol. The van der Waals surface area contributed by atoms with Crippen LogP contribution < -0.4 is 5.32 Å². The van der Waals surface area contributed by atoms with E-state index in [4.69, 9.17) is 23.2 Å². The summed E-state index contributed by atoms with van der Waals surface area (Å²) in [6, 6.07) is 7.51. The maximum Gasteiger partial charge on any atom is 0.262 e. The van der Waals surface area contributed by atoms with Gasteiger partial charge in [-0.1, -0.05) is 48.3 Å². The average molecular weight is 435 g/mol. The summed E-state index contributed by atoms with van der Waals surface area (Å²) in [4.78, 5) is 18.7. The Morgan fingerprint density at radius 3 is 2.93 bits per heavy atom. The van der Waals surface area contributed by atoms with Gasteiger partial charge in [-0.05, 0) is 43.7 Å². The van der Waals surface area contributed by atoms with Crippen molar-refractivity contribution >= 4 is 45.6 Å². The molecule has 0 saturated carbocycles. The largest absolute Gasteiger partial charge is 0.298 e. The molecule has 0 saturated heterocycles. The van der Waals surface area contributed by atoms with Gasteiger partial charge in [0.1, 0.15) is 5.15 Å². The number of halogens is 2. The molecule has 4 rings (SSSR count). The highest BCUT2D eigenvalue weighted by Crippen LogP contribution is 2.33. The smallest absolute Gasteiger partial charge is 0.262 e. The first-order chi connectivity index (χ1) is 13.4. The molecule has 146 valence electrons. The summed E-state index contributed by atoms with van der Waals surface area (Å²) < 4.78 is 1.60. The highest BCUT2D eigenvalue weighted by Gasteiger charge is 2.24. The van der Waals surface area contributed by atoms with Crippen molar-refractivity contribution in [3.05, 3.63) is 61.8 Å². The molecule has 8 heteroatoms. The van der Waals surface area contributed by atoms with Crippen molar-refractivity contribution in [1.82, 2.24) is 14.8 Å². The fourth-order valence-electron chi connectivity index (χ4n) is 3.46. The predicted octanol–water partition coefficient (Wildman–Crippen LogP) is 5.38. The topological polar surface area (TPSA) is 59.8 Å². The summed E-state index contributed by atoms with van der Waals surface area (Å²) in [7, 11) is 0. The number of thiazole rings is 1. The Kier molecular flexibility index (Phi) is 5.45. The third kappa shape index (κ3) is 3.81. The number of amides is 1. The van der Waals surface area contributed by atoms with Gasteiger partial charge < -0.3 is 0 Å². The van der Waals surface area contributed by atoms with Crippen molar-refractivity contribution in [1.29, 1.82) is 0 Å². The van der Waals surface area contributed by atoms with Gasteiger partial charge >= 0.3 is 0 Å². The van der Waals surface area contributed by atoms with Crippen LogP contribution in [0.15, 0.2) is 24.3 Å². The molecule has 1 aromatic carbocycles. The molecule has 1 amide bonds. The van der Waals surface area contributed by atoms with Crippen molar-refractivity contribution in [2.75, 3.05) is 5.32 Å². The number of hydrogen-bond donors (Lipinski definition) is 1. The van der Waals surface area contributed by atoms with E-state index in [1.165, 1.54) is 4.88 Å². The van der Waals surface area contributed by atoms with E-state index >= 15 is 0 Å². The number of carbonyl (C=O) groups excluding carboxylic acids is 1. The number of hydrogen-bond acceptors (Lipinski definition) is 4. The van der Waals surface area contributed by atoms with Crippen molar-refractivity contribution in [2.24, 2.45) is 5.92 Å². The summed E-state index contributed by atoms with van der Waals surface area (Å²) in [5, 5.41) is 8.90. The second-order valence-electron chi connectivity index (χ2n) is 7.19. The summed E-state index contributed by atoms with van der Waals surface area (Å²) in [5.74, 6) is 0.378. The number of fused-ring (bicyclic) bond motifs is 1. The number of aryl methyl sites for hydroxylation is 2. The summed E-state index contributed by atoms with van der Waals surface area (Å²) >= 11 is 14.3. The van der Waals surface area contributed by atoms with Crippen LogP contribution in [0.5, 0.6) is 0 Å². The molecule has 5 nitrogen and oxygen atoms in total. The van der Waals surface area contributed by atoms with E-state index in [-0.39, 0.29) is 5.91 Å². The zero-order chi connectivity index (χ0) is 19.8. The van der Waals surface area contributed by atoms with Crippen LogP contribution in [0.2, 0.25) is 10.2 Å². The van der Waals surface area contributed by atoms with Gasteiger partial charge in [-0.2, -0.15) is 5.10 Å². The average Bonchev–Trinajstić information content (AvgIpc) is 3.16. The first-order valence-electron chi connectivity index (χ1n) is 9.18. The molecular weight excluding hydrogens is 415 g/mol. The third-order valence-electron chi connectivity index (χ3n) is 4.98. The Balaban J connectivity index is 1.55. The van der Waals surface area contributed by atoms with Gasteiger partial charge in [-0.15, -0.1) is 11.3 Å². The Hall–Kier alpha value is -1.89. The van der Waals surface area contributed by atoms with Crippen molar-refractivity contribution < 1.29 is 4.79 Å². The molecule has 1 unspecified atom stereocenters. The van der Waals surface area contributed by atoms with E-state index < -0.39 is 0 Å². The van der Waals surface area contributed by atoms with Crippen LogP contribution in [-0.2, 0) is 19.4 Å². The number of carbonyl (C=O) groups is 1. The van der Waals surface area contributed by atoms with Crippen molar-refractivity contribution in [3.8, 4) is 0 Å². The summed E-state index contributed by atoms with van der Waals surface area (Å²) in [5.41, 5.74) is 2.94. The Morgan fingerprint density at radius 1 is 1.36 bits per heavy atom. The minimum absolute atomic E-state index is 0.285. The zero-order valence-corrected chi connectivity index (χ0v) is 18.0. The molecule has 0 spiro atoms. The molecule has 3 aromatic rings. The van der Waals surface area contributed by atoms with E-state index in [2.05, 4.69) is 22.3 Å². The van der Waals surface area contributed by atoms with Crippen LogP contribution in [0.25, 0.3) is 0 Å². The lowest BCUT2D eigenvalue weighted by Gasteiger charge is -2.15. The van der Waals surface area contributed by atoms with E-state index in [0.717, 1.165) is 30.5 Å². The van der Waals surface area contributed by atoms with Gasteiger partial charge in [0, 0.05) is 9.90 Å². The minimum atomic E-state index is -0.285. The molecule has 0 aliphatic heterocycles. The summed E-state index contributed by atoms with van der Waals surface area (Å²) in [6.45, 7) is 4.42. The van der Waals surface area contributed by atoms with Gasteiger partial charge in [-0.3, -0.25) is 10.1 Å². The van der Waals surface area contributed by atoms with Gasteiger partial charge in [-0.25, -0.2) is 9.67 Å². The van der Waals surface area contributed by atoms with E-state index in [1.54, 1.807) is 22.9 Å². The fraction of sp³-hybridized carbons (Fsp3) is 0.350. The second kappa shape index (κ2) is 7.85. The Morgan fingerprint density at radius 2 is 2.14 bits per heavy atom. The van der Waals surface area contributed by atoms with Gasteiger partial charge in [0.15, 0.2) is 5.13 Å². The quantitative estimate of drug-likeness (QED) is 0.599. The van der Waals surface area contributed by atoms with Crippen LogP contribution in [-0.4, -0.2) is 20.7 Å². The van der Waals surface area contributed by atoms with Crippen LogP contribution in [0.1, 0.15) is 45.5 Å². The lowest BCUT2D eigenvalue weighted by Crippen LogP contribution is -2.13. The number of nitrogens with one attached hydrogen (secondary N) is 1. The molecule has 1 atom stereocenters. The van der Waals surface area contributed by atoms with Crippen molar-refractivity contribution in [2.45, 2.75) is 39.7 Å².